The molecule has 1 fully saturated rings. The summed E-state index contributed by atoms with van der Waals surface area (Å²) in [5.74, 6) is 2.54. The van der Waals surface area contributed by atoms with E-state index in [1.807, 2.05) is 39.9 Å². The van der Waals surface area contributed by atoms with Crippen LogP contribution in [-0.2, 0) is 24.2 Å². The predicted molar refractivity (Wildman–Crippen MR) is 99.3 cm³/mol. The van der Waals surface area contributed by atoms with Crippen LogP contribution in [-0.4, -0.2) is 58.9 Å². The second kappa shape index (κ2) is 7.14. The van der Waals surface area contributed by atoms with Gasteiger partial charge in [-0.15, -0.1) is 5.10 Å². The Bertz CT molecular complexity index is 922. The van der Waals surface area contributed by atoms with Crippen molar-refractivity contribution in [3.05, 3.63) is 53.9 Å². The lowest BCUT2D eigenvalue weighted by Crippen LogP contribution is -2.40. The molecule has 2 aliphatic rings. The quantitative estimate of drug-likeness (QED) is 0.658. The molecule has 3 heterocycles. The summed E-state index contributed by atoms with van der Waals surface area (Å²) in [6, 6.07) is 9.50. The number of hydrogen-bond acceptors (Lipinski definition) is 6. The summed E-state index contributed by atoms with van der Waals surface area (Å²) in [6.07, 6.45) is 5.18. The Morgan fingerprint density at radius 1 is 1.14 bits per heavy atom. The van der Waals surface area contributed by atoms with Crippen molar-refractivity contribution in [2.45, 2.75) is 44.2 Å². The summed E-state index contributed by atoms with van der Waals surface area (Å²) in [5.41, 5.74) is 1.08. The number of benzene rings is 1. The third-order valence-corrected chi connectivity index (χ3v) is 5.45. The molecular weight excluding hydrogens is 356 g/mol. The zero-order chi connectivity index (χ0) is 18.9. The van der Waals surface area contributed by atoms with Gasteiger partial charge in [-0.3, -0.25) is 4.79 Å². The van der Waals surface area contributed by atoms with E-state index in [1.54, 1.807) is 4.68 Å². The van der Waals surface area contributed by atoms with Crippen LogP contribution in [0.4, 0.5) is 0 Å². The van der Waals surface area contributed by atoms with Crippen molar-refractivity contribution in [3.8, 4) is 0 Å². The minimum Gasteiger partial charge on any atom is -0.339 e. The zero-order valence-electron chi connectivity index (χ0n) is 15.6. The summed E-state index contributed by atoms with van der Waals surface area (Å²) in [7, 11) is 0. The lowest BCUT2D eigenvalue weighted by Gasteiger charge is -2.25. The Balaban J connectivity index is 1.33. The number of amides is 1. The normalized spacial score (nSPS) is 17.8. The Morgan fingerprint density at radius 2 is 2.00 bits per heavy atom. The number of fused-ring (bicyclic) bond motifs is 1. The lowest BCUT2D eigenvalue weighted by molar-refractivity contribution is -0.135. The van der Waals surface area contributed by atoms with Crippen LogP contribution in [0.2, 0.25) is 0 Å². The second-order valence-electron chi connectivity index (χ2n) is 7.45. The smallest absolute Gasteiger partial charge is 0.247 e. The van der Waals surface area contributed by atoms with Crippen molar-refractivity contribution in [2.75, 3.05) is 13.1 Å². The molecule has 9 heteroatoms. The van der Waals surface area contributed by atoms with Crippen LogP contribution in [0.1, 0.15) is 42.0 Å². The first kappa shape index (κ1) is 17.0. The maximum Gasteiger partial charge on any atom is 0.247 e. The fourth-order valence-electron chi connectivity index (χ4n) is 3.71. The molecule has 9 nitrogen and oxygen atoms in total. The SMILES string of the molecule is O=C(C(Cc1ccccc1)n1cnnn1)N1CCc2nc(C3CC3)nn2CC1. The molecule has 28 heavy (non-hydrogen) atoms. The third kappa shape index (κ3) is 3.39. The molecule has 0 bridgehead atoms. The molecule has 1 saturated carbocycles. The van der Waals surface area contributed by atoms with Crippen LogP contribution >= 0.6 is 0 Å². The van der Waals surface area contributed by atoms with Crippen molar-refractivity contribution in [2.24, 2.45) is 0 Å². The molecule has 1 unspecified atom stereocenters. The van der Waals surface area contributed by atoms with Gasteiger partial charge in [0.25, 0.3) is 0 Å². The second-order valence-corrected chi connectivity index (χ2v) is 7.45. The molecule has 2 aromatic heterocycles. The van der Waals surface area contributed by atoms with Crippen LogP contribution in [0.5, 0.6) is 0 Å². The minimum absolute atomic E-state index is 0.0318. The average Bonchev–Trinajstić information content (AvgIpc) is 3.34. The van der Waals surface area contributed by atoms with E-state index < -0.39 is 6.04 Å². The van der Waals surface area contributed by atoms with Crippen molar-refractivity contribution in [1.82, 2.24) is 39.9 Å². The third-order valence-electron chi connectivity index (χ3n) is 5.45. The summed E-state index contributed by atoms with van der Waals surface area (Å²) < 4.78 is 3.53. The Morgan fingerprint density at radius 3 is 2.75 bits per heavy atom. The summed E-state index contributed by atoms with van der Waals surface area (Å²) in [5, 5.41) is 16.1. The van der Waals surface area contributed by atoms with Gasteiger partial charge < -0.3 is 4.90 Å². The molecule has 1 aliphatic carbocycles. The maximum absolute atomic E-state index is 13.4. The van der Waals surface area contributed by atoms with Crippen molar-refractivity contribution < 1.29 is 4.79 Å². The van der Waals surface area contributed by atoms with Gasteiger partial charge in [-0.05, 0) is 28.8 Å². The van der Waals surface area contributed by atoms with E-state index in [0.29, 0.717) is 32.0 Å². The van der Waals surface area contributed by atoms with Crippen LogP contribution in [0.25, 0.3) is 0 Å². The standard InChI is InChI=1S/C19H22N8O/c28-19(16(27-13-20-23-24-27)12-14-4-2-1-3-5-14)25-9-8-17-21-18(15-6-7-15)22-26(17)11-10-25/h1-5,13,15-16H,6-12H2. The van der Waals surface area contributed by atoms with Crippen molar-refractivity contribution in [3.63, 3.8) is 0 Å². The van der Waals surface area contributed by atoms with E-state index in [-0.39, 0.29) is 5.91 Å². The summed E-state index contributed by atoms with van der Waals surface area (Å²) in [4.78, 5) is 20.0. The predicted octanol–water partition coefficient (Wildman–Crippen LogP) is 1.01. The molecule has 0 N–H and O–H groups in total. The van der Waals surface area contributed by atoms with E-state index >= 15 is 0 Å². The summed E-state index contributed by atoms with van der Waals surface area (Å²) >= 11 is 0. The van der Waals surface area contributed by atoms with E-state index in [1.165, 1.54) is 19.2 Å². The van der Waals surface area contributed by atoms with Gasteiger partial charge in [0.15, 0.2) is 5.82 Å². The Labute approximate surface area is 162 Å². The van der Waals surface area contributed by atoms with Gasteiger partial charge in [-0.25, -0.2) is 14.3 Å². The monoisotopic (exact) mass is 378 g/mol. The first-order valence-electron chi connectivity index (χ1n) is 9.77. The molecule has 5 rings (SSSR count). The van der Waals surface area contributed by atoms with Gasteiger partial charge in [0, 0.05) is 31.8 Å². The largest absolute Gasteiger partial charge is 0.339 e. The molecule has 1 aliphatic heterocycles. The maximum atomic E-state index is 13.4. The van der Waals surface area contributed by atoms with Crippen LogP contribution < -0.4 is 0 Å². The fourth-order valence-corrected chi connectivity index (χ4v) is 3.71. The highest BCUT2D eigenvalue weighted by Crippen LogP contribution is 2.38. The minimum atomic E-state index is -0.460. The highest BCUT2D eigenvalue weighted by Gasteiger charge is 2.32. The molecule has 1 aromatic carbocycles. The molecule has 144 valence electrons. The van der Waals surface area contributed by atoms with Gasteiger partial charge in [-0.1, -0.05) is 30.3 Å². The lowest BCUT2D eigenvalue weighted by atomic mass is 10.0. The molecule has 0 saturated heterocycles. The number of carbonyl (C=O) groups is 1. The highest BCUT2D eigenvalue weighted by atomic mass is 16.2. The molecule has 0 radical (unpaired) electrons. The van der Waals surface area contributed by atoms with Gasteiger partial charge in [0.2, 0.25) is 5.91 Å². The zero-order valence-corrected chi connectivity index (χ0v) is 15.6. The molecular formula is C19H22N8O. The van der Waals surface area contributed by atoms with Gasteiger partial charge in [0.1, 0.15) is 18.2 Å². The van der Waals surface area contributed by atoms with Crippen molar-refractivity contribution >= 4 is 5.91 Å². The summed E-state index contributed by atoms with van der Waals surface area (Å²) in [6.45, 7) is 1.93. The van der Waals surface area contributed by atoms with Gasteiger partial charge in [0.05, 0.1) is 6.54 Å². The van der Waals surface area contributed by atoms with Gasteiger partial charge >= 0.3 is 0 Å². The first-order valence-corrected chi connectivity index (χ1v) is 9.77. The van der Waals surface area contributed by atoms with Crippen LogP contribution in [0, 0.1) is 0 Å². The highest BCUT2D eigenvalue weighted by molar-refractivity contribution is 5.80. The van der Waals surface area contributed by atoms with E-state index in [4.69, 9.17) is 4.98 Å². The number of tetrazole rings is 1. The average molecular weight is 378 g/mol. The van der Waals surface area contributed by atoms with Crippen molar-refractivity contribution in [1.29, 1.82) is 0 Å². The molecule has 3 aromatic rings. The Kier molecular flexibility index (Phi) is 4.34. The number of rotatable bonds is 5. The number of carbonyl (C=O) groups excluding carboxylic acids is 1. The number of aromatic nitrogens is 7. The van der Waals surface area contributed by atoms with Crippen LogP contribution in [0.3, 0.4) is 0 Å². The number of nitrogens with zero attached hydrogens (tertiary/aromatic N) is 8. The fraction of sp³-hybridized carbons (Fsp3) is 0.474. The topological polar surface area (TPSA) is 94.6 Å². The molecule has 1 atom stereocenters. The number of hydrogen-bond donors (Lipinski definition) is 0. The molecule has 0 spiro atoms. The van der Waals surface area contributed by atoms with E-state index in [2.05, 4.69) is 20.6 Å². The van der Waals surface area contributed by atoms with Gasteiger partial charge in [-0.2, -0.15) is 5.10 Å². The van der Waals surface area contributed by atoms with E-state index in [9.17, 15) is 4.79 Å². The van der Waals surface area contributed by atoms with E-state index in [0.717, 1.165) is 23.6 Å². The molecule has 1 amide bonds. The van der Waals surface area contributed by atoms with Crippen LogP contribution in [0.15, 0.2) is 36.7 Å². The first-order chi connectivity index (χ1) is 13.8. The Hall–Kier alpha value is -3.10.